The lowest BCUT2D eigenvalue weighted by Gasteiger charge is -2.43. The predicted molar refractivity (Wildman–Crippen MR) is 349 cm³/mol. The van der Waals surface area contributed by atoms with Gasteiger partial charge in [0.1, 0.15) is 18.4 Å². The quantitative estimate of drug-likeness (QED) is 0.0162. The summed E-state index contributed by atoms with van der Waals surface area (Å²) in [7, 11) is 0. The third kappa shape index (κ3) is 28.9. The Morgan fingerprint density at radius 1 is 0.469 bits per heavy atom. The van der Waals surface area contributed by atoms with Crippen molar-refractivity contribution in [3.8, 4) is 0 Å². The Balaban J connectivity index is 0.987. The van der Waals surface area contributed by atoms with Crippen molar-refractivity contribution in [1.29, 1.82) is 0 Å². The molecule has 6 N–H and O–H groups in total. The van der Waals surface area contributed by atoms with Crippen molar-refractivity contribution < 1.29 is 100 Å². The summed E-state index contributed by atoms with van der Waals surface area (Å²) in [6.07, 6.45) is -1.13. The van der Waals surface area contributed by atoms with E-state index in [0.717, 1.165) is 6.42 Å². The normalized spacial score (nSPS) is 21.3. The lowest BCUT2D eigenvalue weighted by atomic mass is 9.82. The molecule has 2 heterocycles. The molecule has 5 unspecified atom stereocenters. The summed E-state index contributed by atoms with van der Waals surface area (Å²) < 4.78 is 59.8. The molecule has 0 aliphatic carbocycles. The highest BCUT2D eigenvalue weighted by molar-refractivity contribution is 5.90. The van der Waals surface area contributed by atoms with Crippen LogP contribution in [0.2, 0.25) is 0 Å². The van der Waals surface area contributed by atoms with Gasteiger partial charge in [0.2, 0.25) is 29.5 Å². The first-order valence-electron chi connectivity index (χ1n) is 33.4. The van der Waals surface area contributed by atoms with E-state index in [0.29, 0.717) is 55.2 Å². The van der Waals surface area contributed by atoms with Gasteiger partial charge in [-0.05, 0) is 86.8 Å². The van der Waals surface area contributed by atoms with Crippen molar-refractivity contribution in [3.63, 3.8) is 0 Å². The molecule has 0 saturated carbocycles. The number of ether oxygens (including phenoxy) is 10. The summed E-state index contributed by atoms with van der Waals surface area (Å²) in [4.78, 5) is 126. The van der Waals surface area contributed by atoms with Gasteiger partial charge in [0, 0.05) is 83.0 Å². The van der Waals surface area contributed by atoms with Crippen molar-refractivity contribution in [3.05, 3.63) is 108 Å². The van der Waals surface area contributed by atoms with Crippen molar-refractivity contribution in [2.24, 2.45) is 23.7 Å². The van der Waals surface area contributed by atoms with E-state index >= 15 is 0 Å². The molecule has 2 fully saturated rings. The molecular formula is C70H99N5O21. The smallest absolute Gasteiger partial charge is 0.338 e. The monoisotopic (exact) mass is 1350 g/mol. The van der Waals surface area contributed by atoms with E-state index in [-0.39, 0.29) is 184 Å². The first-order valence-corrected chi connectivity index (χ1v) is 33.4. The van der Waals surface area contributed by atoms with Crippen molar-refractivity contribution in [1.82, 2.24) is 26.6 Å². The summed E-state index contributed by atoms with van der Waals surface area (Å²) in [6.45, 7) is 10.4. The van der Waals surface area contributed by atoms with Crippen LogP contribution in [0.3, 0.4) is 0 Å². The standard InChI is InChI=1S/C70H99N5O21/c1-6-55-48(2)50(4)63(95-66(85)53-24-12-8-13-25-53)68(93-55)90-40-17-29-57(77)71-34-19-36-73-59(79)32-42-88-46-70(45-87-39-21-38-76,75-61(81)28-16-31-62(82)83)47-89-43-33-60(80)74-37-20-35-72-58(78)30-18-41-91-69-64(96-67(86)54-26-14-9-15-27-54)51(5)49(3)56(94-69)44-92-65(84)52-22-10-7-11-23-52/h7-15,22-27,38,48-51,55-56,63-64,68-69H,6,16-21,28-37,39-47H2,1-5H3,(H,71,77)(H,72,78)(H,73,79)(H,74,80)(H,75,81)(H,82,83)/t48-,49-,50-,51-,55?,56?,63?,64?,68+,69+,70?/m0/s1. The van der Waals surface area contributed by atoms with Crippen LogP contribution in [0.5, 0.6) is 0 Å². The van der Waals surface area contributed by atoms with Crippen LogP contribution in [-0.2, 0) is 80.9 Å². The number of amides is 5. The van der Waals surface area contributed by atoms with Gasteiger partial charge in [0.25, 0.3) is 0 Å². The second kappa shape index (κ2) is 44.2. The molecule has 96 heavy (non-hydrogen) atoms. The highest BCUT2D eigenvalue weighted by Gasteiger charge is 2.46. The highest BCUT2D eigenvalue weighted by atomic mass is 16.7. The molecule has 5 rings (SSSR count). The van der Waals surface area contributed by atoms with Crippen LogP contribution in [-0.4, -0.2) is 193 Å². The Morgan fingerprint density at radius 3 is 1.29 bits per heavy atom. The van der Waals surface area contributed by atoms with Crippen molar-refractivity contribution in [2.75, 3.05) is 85.6 Å². The number of hydrogen-bond acceptors (Lipinski definition) is 20. The average molecular weight is 1350 g/mol. The maximum Gasteiger partial charge on any atom is 0.338 e. The number of carboxylic acids is 1. The number of hydrogen-bond donors (Lipinski definition) is 6. The van der Waals surface area contributed by atoms with Gasteiger partial charge >= 0.3 is 23.9 Å². The minimum atomic E-state index is -1.38. The molecule has 2 aliphatic rings. The second-order valence-electron chi connectivity index (χ2n) is 24.1. The number of carboxylic acid groups (broad SMARTS) is 1. The van der Waals surface area contributed by atoms with Crippen LogP contribution >= 0.6 is 0 Å². The number of nitrogens with one attached hydrogen (secondary N) is 5. The van der Waals surface area contributed by atoms with E-state index in [2.05, 4.69) is 33.5 Å². The van der Waals surface area contributed by atoms with E-state index in [4.69, 9.17) is 52.5 Å². The molecular weight excluding hydrogens is 1250 g/mol. The summed E-state index contributed by atoms with van der Waals surface area (Å²) in [6, 6.07) is 25.8. The zero-order valence-electron chi connectivity index (χ0n) is 56.0. The number of carbonyl (C=O) groups excluding carboxylic acids is 9. The third-order valence-electron chi connectivity index (χ3n) is 16.6. The number of esters is 3. The largest absolute Gasteiger partial charge is 0.481 e. The fourth-order valence-electron chi connectivity index (χ4n) is 10.7. The van der Waals surface area contributed by atoms with Crippen LogP contribution in [0.25, 0.3) is 0 Å². The second-order valence-corrected chi connectivity index (χ2v) is 24.1. The molecule has 0 bridgehead atoms. The summed E-state index contributed by atoms with van der Waals surface area (Å²) in [5.41, 5.74) is -0.199. The lowest BCUT2D eigenvalue weighted by molar-refractivity contribution is -0.274. The Kier molecular flexibility index (Phi) is 36.3. The topological polar surface area (TPSA) is 343 Å². The van der Waals surface area contributed by atoms with E-state index in [9.17, 15) is 47.9 Å². The lowest BCUT2D eigenvalue weighted by Crippen LogP contribution is -2.58. The third-order valence-corrected chi connectivity index (χ3v) is 16.6. The van der Waals surface area contributed by atoms with Crippen molar-refractivity contribution >= 4 is 59.7 Å². The van der Waals surface area contributed by atoms with E-state index in [1.165, 1.54) is 0 Å². The van der Waals surface area contributed by atoms with E-state index in [1.54, 1.807) is 84.9 Å². The van der Waals surface area contributed by atoms with Crippen LogP contribution < -0.4 is 26.6 Å². The molecule has 0 aromatic heterocycles. The Hall–Kier alpha value is -7.72. The summed E-state index contributed by atoms with van der Waals surface area (Å²) >= 11 is 0. The SMILES string of the molecule is CCC1O[C@@H](OCCCC(=O)NCCCNC(=O)CCOCC(COCCC=O)(COCCC(=O)NCCCNC(=O)CCCO[C@@H]2OC(COC(=O)c3ccccc3)[C@@H](C)[C@H](C)C2OC(=O)c2ccccc2)NC(=O)CCCC(=O)O)C(OC(=O)c2ccccc2)[C@@H](C)[C@@H]1C. The number of benzene rings is 3. The van der Waals surface area contributed by atoms with Crippen LogP contribution in [0, 0.1) is 23.7 Å². The molecule has 5 amide bonds. The molecule has 11 atom stereocenters. The first kappa shape index (κ1) is 79.0. The molecule has 0 spiro atoms. The van der Waals surface area contributed by atoms with Crippen LogP contribution in [0.1, 0.15) is 149 Å². The zero-order chi connectivity index (χ0) is 69.5. The Bertz CT molecular complexity index is 2850. The highest BCUT2D eigenvalue weighted by Crippen LogP contribution is 2.36. The Labute approximate surface area is 562 Å². The maximum atomic E-state index is 13.2. The fraction of sp³-hybridized carbons (Fsp3) is 0.600. The minimum absolute atomic E-state index is 0.00274. The van der Waals surface area contributed by atoms with Gasteiger partial charge in [-0.25, -0.2) is 14.4 Å². The number of aldehydes is 1. The first-order chi connectivity index (χ1) is 46.3. The van der Waals surface area contributed by atoms with Crippen LogP contribution in [0.15, 0.2) is 91.0 Å². The zero-order valence-corrected chi connectivity index (χ0v) is 56.0. The van der Waals surface area contributed by atoms with Crippen molar-refractivity contribution in [2.45, 2.75) is 161 Å². The molecule has 3 aromatic carbocycles. The maximum absolute atomic E-state index is 13.2. The van der Waals surface area contributed by atoms with Gasteiger partial charge in [0.15, 0.2) is 24.8 Å². The molecule has 26 heteroatoms. The fourth-order valence-corrected chi connectivity index (χ4v) is 10.7. The van der Waals surface area contributed by atoms with Gasteiger partial charge in [-0.3, -0.25) is 28.8 Å². The molecule has 2 saturated heterocycles. The van der Waals surface area contributed by atoms with Crippen LogP contribution in [0.4, 0.5) is 0 Å². The van der Waals surface area contributed by atoms with E-state index in [1.807, 2.05) is 33.8 Å². The van der Waals surface area contributed by atoms with E-state index < -0.39 is 66.2 Å². The van der Waals surface area contributed by atoms with Gasteiger partial charge in [-0.15, -0.1) is 0 Å². The number of rotatable bonds is 46. The summed E-state index contributed by atoms with van der Waals surface area (Å²) in [5.74, 6) is -4.64. The van der Waals surface area contributed by atoms with Gasteiger partial charge in [0.05, 0.1) is 81.8 Å². The van der Waals surface area contributed by atoms with Gasteiger partial charge in [-0.2, -0.15) is 0 Å². The minimum Gasteiger partial charge on any atom is -0.481 e. The Morgan fingerprint density at radius 2 is 0.865 bits per heavy atom. The van der Waals surface area contributed by atoms with Gasteiger partial charge in [-0.1, -0.05) is 89.2 Å². The predicted octanol–water partition coefficient (Wildman–Crippen LogP) is 6.07. The number of carbonyl (C=O) groups is 10. The number of aliphatic carboxylic acids is 1. The molecule has 3 aromatic rings. The molecule has 2 aliphatic heterocycles. The molecule has 0 radical (unpaired) electrons. The van der Waals surface area contributed by atoms with Gasteiger partial charge < -0.3 is 83.9 Å². The average Bonchev–Trinajstić information content (AvgIpc) is 0.816. The molecule has 530 valence electrons. The molecule has 26 nitrogen and oxygen atoms in total. The summed E-state index contributed by atoms with van der Waals surface area (Å²) in [5, 5.41) is 23.3.